The molecular weight excluding hydrogens is 340 g/mol. The molecule has 6 nitrogen and oxygen atoms in total. The maximum absolute atomic E-state index is 12.8. The van der Waals surface area contributed by atoms with Gasteiger partial charge in [0.05, 0.1) is 17.8 Å². The quantitative estimate of drug-likeness (QED) is 0.832. The third-order valence-corrected chi connectivity index (χ3v) is 5.41. The Morgan fingerprint density at radius 2 is 1.74 bits per heavy atom. The fraction of sp³-hybridized carbons (Fsp3) is 0.476. The minimum absolute atomic E-state index is 0.0355. The number of hydrogen-bond acceptors (Lipinski definition) is 3. The molecule has 1 aliphatic heterocycles. The normalized spacial score (nSPS) is 15.0. The van der Waals surface area contributed by atoms with Crippen LogP contribution in [0.5, 0.6) is 0 Å². The van der Waals surface area contributed by atoms with E-state index in [0.717, 1.165) is 35.5 Å². The van der Waals surface area contributed by atoms with E-state index in [0.29, 0.717) is 19.5 Å². The Morgan fingerprint density at radius 1 is 1.11 bits per heavy atom. The molecule has 0 spiro atoms. The van der Waals surface area contributed by atoms with Crippen molar-refractivity contribution < 1.29 is 9.59 Å². The number of carbonyl (C=O) groups is 2. The number of benzene rings is 1. The van der Waals surface area contributed by atoms with E-state index in [1.165, 1.54) is 0 Å². The number of rotatable bonds is 4. The fourth-order valence-corrected chi connectivity index (χ4v) is 3.76. The smallest absolute Gasteiger partial charge is 0.227 e. The predicted octanol–water partition coefficient (Wildman–Crippen LogP) is 2.36. The summed E-state index contributed by atoms with van der Waals surface area (Å²) in [7, 11) is 3.58. The Bertz CT molecular complexity index is 818. The first-order valence-corrected chi connectivity index (χ1v) is 9.48. The Labute approximate surface area is 160 Å². The third kappa shape index (κ3) is 4.04. The van der Waals surface area contributed by atoms with Gasteiger partial charge in [-0.2, -0.15) is 5.10 Å². The van der Waals surface area contributed by atoms with Crippen LogP contribution in [0.4, 0.5) is 0 Å². The topological polar surface area (TPSA) is 58.4 Å². The molecule has 1 aromatic heterocycles. The van der Waals surface area contributed by atoms with Gasteiger partial charge in [0.25, 0.3) is 0 Å². The van der Waals surface area contributed by atoms with Crippen LogP contribution in [-0.2, 0) is 16.0 Å². The minimum Gasteiger partial charge on any atom is -0.349 e. The largest absolute Gasteiger partial charge is 0.349 e. The molecule has 3 rings (SSSR count). The zero-order valence-corrected chi connectivity index (χ0v) is 16.6. The second kappa shape index (κ2) is 7.94. The molecule has 1 saturated heterocycles. The summed E-state index contributed by atoms with van der Waals surface area (Å²) in [5.74, 6) is 0.316. The summed E-state index contributed by atoms with van der Waals surface area (Å²) in [4.78, 5) is 28.5. The van der Waals surface area contributed by atoms with Gasteiger partial charge in [-0.15, -0.1) is 0 Å². The summed E-state index contributed by atoms with van der Waals surface area (Å²) in [6.45, 7) is 5.26. The Kier molecular flexibility index (Phi) is 5.63. The molecule has 0 unspecified atom stereocenters. The Morgan fingerprint density at radius 3 is 2.33 bits per heavy atom. The lowest BCUT2D eigenvalue weighted by Crippen LogP contribution is -2.43. The molecule has 27 heavy (non-hydrogen) atoms. The van der Waals surface area contributed by atoms with Crippen molar-refractivity contribution in [2.24, 2.45) is 5.92 Å². The van der Waals surface area contributed by atoms with Crippen LogP contribution in [0, 0.1) is 19.8 Å². The van der Waals surface area contributed by atoms with Gasteiger partial charge in [0.2, 0.25) is 11.8 Å². The highest BCUT2D eigenvalue weighted by Gasteiger charge is 2.29. The predicted molar refractivity (Wildman–Crippen MR) is 105 cm³/mol. The lowest BCUT2D eigenvalue weighted by atomic mass is 9.95. The molecule has 0 aliphatic carbocycles. The van der Waals surface area contributed by atoms with Crippen molar-refractivity contribution in [3.8, 4) is 5.69 Å². The zero-order valence-electron chi connectivity index (χ0n) is 16.6. The minimum atomic E-state index is 0.0355. The van der Waals surface area contributed by atoms with Gasteiger partial charge in [-0.3, -0.25) is 9.59 Å². The highest BCUT2D eigenvalue weighted by Crippen LogP contribution is 2.22. The first-order valence-electron chi connectivity index (χ1n) is 9.48. The Hall–Kier alpha value is -2.63. The van der Waals surface area contributed by atoms with Gasteiger partial charge < -0.3 is 9.80 Å². The summed E-state index contributed by atoms with van der Waals surface area (Å²) < 4.78 is 1.90. The lowest BCUT2D eigenvalue weighted by Gasteiger charge is -2.32. The molecule has 2 heterocycles. The van der Waals surface area contributed by atoms with Gasteiger partial charge in [-0.25, -0.2) is 4.68 Å². The van der Waals surface area contributed by atoms with Gasteiger partial charge in [-0.1, -0.05) is 18.2 Å². The zero-order chi connectivity index (χ0) is 19.6. The standard InChI is InChI=1S/C21H28N4O2/c1-15-19(16(2)25(22-15)18-8-6-5-7-9-18)14-20(26)24-12-10-17(11-13-24)21(27)23(3)4/h5-9,17H,10-14H2,1-4H3. The van der Waals surface area contributed by atoms with E-state index in [1.54, 1.807) is 19.0 Å². The number of aromatic nitrogens is 2. The lowest BCUT2D eigenvalue weighted by molar-refractivity contribution is -0.138. The summed E-state index contributed by atoms with van der Waals surface area (Å²) >= 11 is 0. The average Bonchev–Trinajstić information content (AvgIpc) is 2.96. The SMILES string of the molecule is Cc1nn(-c2ccccc2)c(C)c1CC(=O)N1CCC(C(=O)N(C)C)CC1. The molecule has 1 aromatic carbocycles. The van der Waals surface area contributed by atoms with Crippen LogP contribution in [-0.4, -0.2) is 58.6 Å². The summed E-state index contributed by atoms with van der Waals surface area (Å²) in [5.41, 5.74) is 3.89. The average molecular weight is 368 g/mol. The van der Waals surface area contributed by atoms with Gasteiger partial charge in [0.15, 0.2) is 0 Å². The van der Waals surface area contributed by atoms with Crippen molar-refractivity contribution in [3.05, 3.63) is 47.3 Å². The van der Waals surface area contributed by atoms with E-state index in [9.17, 15) is 9.59 Å². The number of nitrogens with zero attached hydrogens (tertiary/aromatic N) is 4. The molecule has 0 radical (unpaired) electrons. The number of para-hydroxylation sites is 1. The second-order valence-corrected chi connectivity index (χ2v) is 7.46. The number of amides is 2. The molecule has 1 aliphatic rings. The second-order valence-electron chi connectivity index (χ2n) is 7.46. The maximum Gasteiger partial charge on any atom is 0.227 e. The first-order chi connectivity index (χ1) is 12.9. The highest BCUT2D eigenvalue weighted by molar-refractivity contribution is 5.81. The molecule has 0 N–H and O–H groups in total. The van der Waals surface area contributed by atoms with E-state index in [1.807, 2.05) is 53.8 Å². The van der Waals surface area contributed by atoms with Crippen LogP contribution in [0.15, 0.2) is 30.3 Å². The van der Waals surface area contributed by atoms with Crippen molar-refractivity contribution in [1.29, 1.82) is 0 Å². The molecule has 144 valence electrons. The third-order valence-electron chi connectivity index (χ3n) is 5.41. The van der Waals surface area contributed by atoms with Gasteiger partial charge >= 0.3 is 0 Å². The van der Waals surface area contributed by atoms with Gasteiger partial charge in [0.1, 0.15) is 0 Å². The van der Waals surface area contributed by atoms with Gasteiger partial charge in [-0.05, 0) is 38.8 Å². The van der Waals surface area contributed by atoms with E-state index in [4.69, 9.17) is 0 Å². The molecule has 0 saturated carbocycles. The van der Waals surface area contributed by atoms with Crippen molar-refractivity contribution in [2.45, 2.75) is 33.1 Å². The molecule has 2 aromatic rings. The highest BCUT2D eigenvalue weighted by atomic mass is 16.2. The van der Waals surface area contributed by atoms with Crippen LogP contribution >= 0.6 is 0 Å². The van der Waals surface area contributed by atoms with E-state index < -0.39 is 0 Å². The summed E-state index contributed by atoms with van der Waals surface area (Å²) in [5, 5.41) is 4.63. The monoisotopic (exact) mass is 368 g/mol. The van der Waals surface area contributed by atoms with Crippen LogP contribution < -0.4 is 0 Å². The number of carbonyl (C=O) groups excluding carboxylic acids is 2. The summed E-state index contributed by atoms with van der Waals surface area (Å²) in [6, 6.07) is 9.96. The van der Waals surface area contributed by atoms with Crippen molar-refractivity contribution in [1.82, 2.24) is 19.6 Å². The molecular formula is C21H28N4O2. The Balaban J connectivity index is 1.67. The van der Waals surface area contributed by atoms with E-state index in [-0.39, 0.29) is 17.7 Å². The molecule has 1 fully saturated rings. The van der Waals surface area contributed by atoms with Crippen LogP contribution in [0.1, 0.15) is 29.8 Å². The van der Waals surface area contributed by atoms with Crippen molar-refractivity contribution in [3.63, 3.8) is 0 Å². The van der Waals surface area contributed by atoms with Crippen LogP contribution in [0.25, 0.3) is 5.69 Å². The van der Waals surface area contributed by atoms with Crippen molar-refractivity contribution in [2.75, 3.05) is 27.2 Å². The molecule has 0 atom stereocenters. The van der Waals surface area contributed by atoms with E-state index in [2.05, 4.69) is 5.10 Å². The number of hydrogen-bond donors (Lipinski definition) is 0. The van der Waals surface area contributed by atoms with Gasteiger partial charge in [0, 0.05) is 44.4 Å². The van der Waals surface area contributed by atoms with Crippen molar-refractivity contribution >= 4 is 11.8 Å². The van der Waals surface area contributed by atoms with Crippen LogP contribution in [0.3, 0.4) is 0 Å². The fourth-order valence-electron chi connectivity index (χ4n) is 3.76. The molecule has 2 amide bonds. The summed E-state index contributed by atoms with van der Waals surface area (Å²) in [6.07, 6.45) is 1.84. The number of piperidine rings is 1. The van der Waals surface area contributed by atoms with E-state index >= 15 is 0 Å². The number of aryl methyl sites for hydroxylation is 1. The first kappa shape index (κ1) is 19.1. The van der Waals surface area contributed by atoms with Crippen LogP contribution in [0.2, 0.25) is 0 Å². The number of likely N-dealkylation sites (tertiary alicyclic amines) is 1. The molecule has 0 bridgehead atoms. The maximum atomic E-state index is 12.8. The molecule has 6 heteroatoms.